The first-order valence-electron chi connectivity index (χ1n) is 5.25. The Morgan fingerprint density at radius 2 is 2.06 bits per heavy atom. The molecule has 4 heteroatoms. The lowest BCUT2D eigenvalue weighted by molar-refractivity contribution is 0.0510. The van der Waals surface area contributed by atoms with E-state index in [1.165, 1.54) is 0 Å². The van der Waals surface area contributed by atoms with Crippen molar-refractivity contribution in [3.05, 3.63) is 24.3 Å². The normalized spacial score (nSPS) is 28.9. The van der Waals surface area contributed by atoms with Crippen LogP contribution in [0, 0.1) is 0 Å². The maximum absolute atomic E-state index is 11.6. The van der Waals surface area contributed by atoms with E-state index in [4.69, 9.17) is 4.74 Å². The summed E-state index contributed by atoms with van der Waals surface area (Å²) in [6.45, 7) is 7.53. The topological polar surface area (TPSA) is 38.3 Å². The summed E-state index contributed by atoms with van der Waals surface area (Å²) in [5, 5.41) is 2.82. The first kappa shape index (κ1) is 13.3. The van der Waals surface area contributed by atoms with Gasteiger partial charge in [-0.3, -0.25) is 0 Å². The van der Waals surface area contributed by atoms with Gasteiger partial charge >= 0.3 is 6.09 Å². The van der Waals surface area contributed by atoms with Crippen LogP contribution in [0.15, 0.2) is 24.3 Å². The maximum Gasteiger partial charge on any atom is 0.408 e. The third-order valence-corrected chi connectivity index (χ3v) is 2.87. The monoisotopic (exact) mass is 287 g/mol. The molecule has 0 aromatic rings. The van der Waals surface area contributed by atoms with Crippen LogP contribution in [0.2, 0.25) is 0 Å². The number of ether oxygens (including phenoxy) is 1. The molecule has 0 fully saturated rings. The van der Waals surface area contributed by atoms with Crippen molar-refractivity contribution in [2.45, 2.75) is 43.7 Å². The third kappa shape index (κ3) is 4.00. The van der Waals surface area contributed by atoms with Crippen molar-refractivity contribution >= 4 is 22.0 Å². The summed E-state index contributed by atoms with van der Waals surface area (Å²) in [6.07, 6.45) is 7.38. The van der Waals surface area contributed by atoms with Crippen LogP contribution >= 0.6 is 15.9 Å². The van der Waals surface area contributed by atoms with Crippen LogP contribution in [0.3, 0.4) is 0 Å². The molecule has 16 heavy (non-hydrogen) atoms. The molecule has 1 aliphatic carbocycles. The Morgan fingerprint density at radius 3 is 2.56 bits per heavy atom. The third-order valence-electron chi connectivity index (χ3n) is 2.12. The van der Waals surface area contributed by atoms with Gasteiger partial charge in [0.25, 0.3) is 0 Å². The van der Waals surface area contributed by atoms with Crippen LogP contribution in [0.4, 0.5) is 4.79 Å². The molecule has 1 rings (SSSR count). The number of alkyl halides is 1. The minimum absolute atomic E-state index is 0.104. The lowest BCUT2D eigenvalue weighted by Crippen LogP contribution is -2.47. The van der Waals surface area contributed by atoms with E-state index in [9.17, 15) is 4.79 Å². The Bertz CT molecular complexity index is 326. The smallest absolute Gasteiger partial charge is 0.408 e. The van der Waals surface area contributed by atoms with Gasteiger partial charge in [0.1, 0.15) is 5.60 Å². The Labute approximate surface area is 105 Å². The van der Waals surface area contributed by atoms with Crippen LogP contribution in [0.25, 0.3) is 0 Å². The molecule has 0 heterocycles. The highest BCUT2D eigenvalue weighted by atomic mass is 79.9. The molecule has 0 saturated carbocycles. The number of carbonyl (C=O) groups excluding carboxylic acids is 1. The highest BCUT2D eigenvalue weighted by Crippen LogP contribution is 2.27. The highest BCUT2D eigenvalue weighted by molar-refractivity contribution is 9.10. The van der Waals surface area contributed by atoms with Gasteiger partial charge in [-0.25, -0.2) is 4.79 Å². The molecule has 1 N–H and O–H groups in total. The number of hydrogen-bond donors (Lipinski definition) is 1. The van der Waals surface area contributed by atoms with Crippen molar-refractivity contribution in [3.8, 4) is 0 Å². The van der Waals surface area contributed by atoms with Crippen molar-refractivity contribution in [3.63, 3.8) is 0 Å². The number of halogens is 1. The molecular formula is C12H18BrNO2. The molecule has 0 aromatic heterocycles. The molecular weight excluding hydrogens is 270 g/mol. The minimum atomic E-state index is -0.471. The van der Waals surface area contributed by atoms with E-state index in [0.29, 0.717) is 0 Å². The van der Waals surface area contributed by atoms with E-state index in [2.05, 4.69) is 21.2 Å². The molecule has 0 aromatic carbocycles. The summed E-state index contributed by atoms with van der Waals surface area (Å²) in [7, 11) is 0. The molecule has 1 aliphatic rings. The average molecular weight is 288 g/mol. The summed E-state index contributed by atoms with van der Waals surface area (Å²) in [6, 6.07) is -0.104. The number of rotatable bonds is 1. The van der Waals surface area contributed by atoms with E-state index in [1.807, 2.05) is 52.0 Å². The van der Waals surface area contributed by atoms with Gasteiger partial charge in [0.15, 0.2) is 0 Å². The Kier molecular flexibility index (Phi) is 3.84. The van der Waals surface area contributed by atoms with Gasteiger partial charge in [0.2, 0.25) is 0 Å². The van der Waals surface area contributed by atoms with Gasteiger partial charge in [0.05, 0.1) is 10.4 Å². The van der Waals surface area contributed by atoms with Gasteiger partial charge in [0, 0.05) is 0 Å². The number of carbonyl (C=O) groups is 1. The van der Waals surface area contributed by atoms with Crippen molar-refractivity contribution in [2.24, 2.45) is 0 Å². The SMILES string of the molecule is CC(C)(C)OC(=O)NC1C=CC=CC1(C)Br. The summed E-state index contributed by atoms with van der Waals surface area (Å²) in [5.41, 5.74) is -0.471. The Hall–Kier alpha value is -0.770. The zero-order valence-corrected chi connectivity index (χ0v) is 11.7. The first-order valence-corrected chi connectivity index (χ1v) is 6.04. The van der Waals surface area contributed by atoms with Crippen molar-refractivity contribution in [1.29, 1.82) is 0 Å². The molecule has 2 atom stereocenters. The zero-order chi connectivity index (χ0) is 12.4. The van der Waals surface area contributed by atoms with Gasteiger partial charge in [-0.05, 0) is 27.7 Å². The lowest BCUT2D eigenvalue weighted by Gasteiger charge is -2.31. The molecule has 0 saturated heterocycles. The van der Waals surface area contributed by atoms with Gasteiger partial charge in [-0.15, -0.1) is 0 Å². The standard InChI is InChI=1S/C12H18BrNO2/c1-11(2,3)16-10(15)14-9-7-5-6-8-12(9,4)13/h5-9H,1-4H3,(H,14,15). The molecule has 0 bridgehead atoms. The summed E-state index contributed by atoms with van der Waals surface area (Å²) < 4.78 is 4.94. The van der Waals surface area contributed by atoms with Crippen molar-refractivity contribution in [2.75, 3.05) is 0 Å². The maximum atomic E-state index is 11.6. The highest BCUT2D eigenvalue weighted by Gasteiger charge is 2.31. The molecule has 0 radical (unpaired) electrons. The van der Waals surface area contributed by atoms with Gasteiger partial charge in [-0.1, -0.05) is 40.2 Å². The largest absolute Gasteiger partial charge is 0.444 e. The molecule has 2 unspecified atom stereocenters. The second kappa shape index (κ2) is 4.62. The van der Waals surface area contributed by atoms with E-state index in [0.717, 1.165) is 0 Å². The Morgan fingerprint density at radius 1 is 1.44 bits per heavy atom. The van der Waals surface area contributed by atoms with E-state index in [-0.39, 0.29) is 10.4 Å². The minimum Gasteiger partial charge on any atom is -0.444 e. The molecule has 0 aliphatic heterocycles. The predicted molar refractivity (Wildman–Crippen MR) is 68.8 cm³/mol. The lowest BCUT2D eigenvalue weighted by atomic mass is 9.97. The van der Waals surface area contributed by atoms with Crippen LogP contribution in [-0.2, 0) is 4.74 Å². The van der Waals surface area contributed by atoms with Crippen LogP contribution in [0.1, 0.15) is 27.7 Å². The zero-order valence-electron chi connectivity index (χ0n) is 10.1. The molecule has 0 spiro atoms. The molecule has 90 valence electrons. The second-order valence-electron chi connectivity index (χ2n) is 5.02. The number of amides is 1. The summed E-state index contributed by atoms with van der Waals surface area (Å²) in [5.74, 6) is 0. The van der Waals surface area contributed by atoms with Crippen LogP contribution < -0.4 is 5.32 Å². The fraction of sp³-hybridized carbons (Fsp3) is 0.583. The fourth-order valence-electron chi connectivity index (χ4n) is 1.33. The van der Waals surface area contributed by atoms with Crippen molar-refractivity contribution in [1.82, 2.24) is 5.32 Å². The summed E-state index contributed by atoms with van der Waals surface area (Å²) >= 11 is 3.56. The van der Waals surface area contributed by atoms with Crippen LogP contribution in [-0.4, -0.2) is 22.1 Å². The van der Waals surface area contributed by atoms with Gasteiger partial charge in [-0.2, -0.15) is 0 Å². The van der Waals surface area contributed by atoms with E-state index < -0.39 is 11.7 Å². The predicted octanol–water partition coefficient (Wildman–Crippen LogP) is 3.16. The van der Waals surface area contributed by atoms with E-state index in [1.54, 1.807) is 0 Å². The number of nitrogens with one attached hydrogen (secondary N) is 1. The molecule has 1 amide bonds. The van der Waals surface area contributed by atoms with Crippen LogP contribution in [0.5, 0.6) is 0 Å². The van der Waals surface area contributed by atoms with Crippen molar-refractivity contribution < 1.29 is 9.53 Å². The number of hydrogen-bond acceptors (Lipinski definition) is 2. The number of alkyl carbamates (subject to hydrolysis) is 1. The van der Waals surface area contributed by atoms with E-state index >= 15 is 0 Å². The second-order valence-corrected chi connectivity index (χ2v) is 6.73. The Balaban J connectivity index is 2.58. The fourth-order valence-corrected chi connectivity index (χ4v) is 1.75. The first-order chi connectivity index (χ1) is 7.21. The average Bonchev–Trinajstić information content (AvgIpc) is 2.05. The molecule has 3 nitrogen and oxygen atoms in total. The van der Waals surface area contributed by atoms with Gasteiger partial charge < -0.3 is 10.1 Å². The number of allylic oxidation sites excluding steroid dienone is 2. The summed E-state index contributed by atoms with van der Waals surface area (Å²) in [4.78, 5) is 11.6. The quantitative estimate of drug-likeness (QED) is 0.753.